The first kappa shape index (κ1) is 62.3. The van der Waals surface area contributed by atoms with Crippen LogP contribution in [0.15, 0.2) is 4.99 Å². The highest BCUT2D eigenvalue weighted by atomic mass is 16.4. The molecule has 0 aliphatic carbocycles. The third-order valence-corrected chi connectivity index (χ3v) is 10.8. The Morgan fingerprint density at radius 1 is 0.559 bits per heavy atom. The quantitative estimate of drug-likeness (QED) is 0.0163. The number of aliphatic hydroxyl groups is 1. The van der Waals surface area contributed by atoms with Crippen LogP contribution in [0.3, 0.4) is 0 Å². The lowest BCUT2D eigenvalue weighted by molar-refractivity contribution is -0.144. The third-order valence-electron chi connectivity index (χ3n) is 10.8. The number of carbonyl (C=O) groups excluding carboxylic acids is 8. The number of nitrogens with two attached hydrogens (primary N) is 5. The highest BCUT2D eigenvalue weighted by Crippen LogP contribution is 2.13. The summed E-state index contributed by atoms with van der Waals surface area (Å²) < 4.78 is 0. The third kappa shape index (κ3) is 25.5. The van der Waals surface area contributed by atoms with Gasteiger partial charge in [-0.1, -0.05) is 48.0 Å². The van der Waals surface area contributed by atoms with Gasteiger partial charge in [-0.15, -0.1) is 0 Å². The number of hydrogen-bond donors (Lipinski definition) is 15. The van der Waals surface area contributed by atoms with Gasteiger partial charge in [0.25, 0.3) is 0 Å². The summed E-state index contributed by atoms with van der Waals surface area (Å²) in [5.74, 6) is -8.32. The topological polar surface area (TPSA) is 433 Å². The van der Waals surface area contributed by atoms with Gasteiger partial charge in [0.1, 0.15) is 30.2 Å². The Labute approximate surface area is 399 Å². The Morgan fingerprint density at radius 2 is 1.01 bits per heavy atom. The van der Waals surface area contributed by atoms with E-state index in [2.05, 4.69) is 47.5 Å². The van der Waals surface area contributed by atoms with Gasteiger partial charge >= 0.3 is 5.97 Å². The second kappa shape index (κ2) is 33.8. The molecule has 0 saturated carbocycles. The highest BCUT2D eigenvalue weighted by molar-refractivity contribution is 5.97. The van der Waals surface area contributed by atoms with Crippen molar-refractivity contribution in [3.8, 4) is 0 Å². The number of carboxylic acids is 1. The molecule has 25 nitrogen and oxygen atoms in total. The van der Waals surface area contributed by atoms with Crippen molar-refractivity contribution in [1.29, 1.82) is 0 Å². The maximum atomic E-state index is 14.1. The van der Waals surface area contributed by atoms with Crippen LogP contribution in [0.4, 0.5) is 0 Å². The molecule has 0 aliphatic rings. The molecule has 25 heteroatoms. The van der Waals surface area contributed by atoms with E-state index in [0.29, 0.717) is 38.6 Å². The zero-order valence-electron chi connectivity index (χ0n) is 40.9. The number of aliphatic carboxylic acids is 1. The Balaban J connectivity index is 6.42. The zero-order valence-corrected chi connectivity index (χ0v) is 40.9. The fraction of sp³-hybridized carbons (Fsp3) is 0.767. The minimum atomic E-state index is -1.63. The summed E-state index contributed by atoms with van der Waals surface area (Å²) in [5, 5.41) is 39.3. The van der Waals surface area contributed by atoms with Crippen LogP contribution in [-0.4, -0.2) is 151 Å². The van der Waals surface area contributed by atoms with E-state index in [1.807, 2.05) is 13.8 Å². The lowest BCUT2D eigenvalue weighted by Gasteiger charge is -2.29. The van der Waals surface area contributed by atoms with Gasteiger partial charge in [-0.05, 0) is 95.6 Å². The van der Waals surface area contributed by atoms with Gasteiger partial charge in [0.05, 0.1) is 25.2 Å². The van der Waals surface area contributed by atoms with Gasteiger partial charge in [0.2, 0.25) is 47.3 Å². The smallest absolute Gasteiger partial charge is 0.328 e. The molecule has 0 bridgehead atoms. The first-order chi connectivity index (χ1) is 31.9. The van der Waals surface area contributed by atoms with E-state index in [1.165, 1.54) is 6.92 Å². The fourth-order valence-corrected chi connectivity index (χ4v) is 6.50. The molecule has 0 aromatic rings. The van der Waals surface area contributed by atoms with Crippen molar-refractivity contribution in [2.45, 2.75) is 161 Å². The largest absolute Gasteiger partial charge is 0.480 e. The highest BCUT2D eigenvalue weighted by Gasteiger charge is 2.34. The molecule has 9 atom stereocenters. The van der Waals surface area contributed by atoms with Gasteiger partial charge in [-0.3, -0.25) is 43.3 Å². The molecular formula is C43H82N14O11. The Kier molecular flexibility index (Phi) is 30.9. The molecule has 0 aromatic heterocycles. The molecule has 0 aromatic carbocycles. The minimum absolute atomic E-state index is 0.00732. The standard InChI is InChI=1S/C43H82N14O11/c1-8-25(6)34(41(66)54-27(14-9-11-17-44)36(61)50-22-32(60)56-35(26(7)58)42(67)68)57-39(64)29(16-13-19-49-43(47)48)53-38(63)28(15-10-12-18-45)52-31(59)21-51-37(62)30(20-23(2)3)55-40(65)33(46)24(4)5/h23-30,33-35,58H,8-22,44-46H2,1-7H3,(H,50,61)(H,51,62)(H,52,59)(H,53,63)(H,54,66)(H,55,65)(H,56,60)(H,57,64)(H,67,68)(H4,47,48,49)/t25-,26+,27-,28-,29-,30-,33-,34-,35-/m0/s1. The molecule has 0 unspecified atom stereocenters. The van der Waals surface area contributed by atoms with Crippen LogP contribution in [0.2, 0.25) is 0 Å². The second-order valence-corrected chi connectivity index (χ2v) is 17.7. The van der Waals surface area contributed by atoms with Gasteiger partial charge in [0, 0.05) is 6.54 Å². The maximum absolute atomic E-state index is 14.1. The number of carboxylic acid groups (broad SMARTS) is 1. The molecule has 0 rings (SSSR count). The summed E-state index contributed by atoms with van der Waals surface area (Å²) in [6.07, 6.45) is 1.28. The molecule has 0 spiro atoms. The van der Waals surface area contributed by atoms with Crippen molar-refractivity contribution in [3.63, 3.8) is 0 Å². The number of aliphatic hydroxyl groups excluding tert-OH is 1. The van der Waals surface area contributed by atoms with E-state index >= 15 is 0 Å². The first-order valence-corrected chi connectivity index (χ1v) is 23.4. The number of amides is 8. The maximum Gasteiger partial charge on any atom is 0.328 e. The van der Waals surface area contributed by atoms with Crippen molar-refractivity contribution in [2.24, 2.45) is 51.4 Å². The molecule has 390 valence electrons. The number of rotatable bonds is 35. The van der Waals surface area contributed by atoms with Gasteiger partial charge in [-0.25, -0.2) is 4.79 Å². The molecule has 0 radical (unpaired) electrons. The molecule has 0 saturated heterocycles. The number of nitrogens with zero attached hydrogens (tertiary/aromatic N) is 1. The van der Waals surface area contributed by atoms with Crippen LogP contribution in [0.5, 0.6) is 0 Å². The Hall–Kier alpha value is -5.66. The normalized spacial score (nSPS) is 15.1. The van der Waals surface area contributed by atoms with Gasteiger partial charge in [0.15, 0.2) is 12.0 Å². The van der Waals surface area contributed by atoms with Crippen LogP contribution in [0.25, 0.3) is 0 Å². The molecular weight excluding hydrogens is 889 g/mol. The summed E-state index contributed by atoms with van der Waals surface area (Å²) in [5.41, 5.74) is 28.3. The Morgan fingerprint density at radius 3 is 1.49 bits per heavy atom. The van der Waals surface area contributed by atoms with Gasteiger partial charge in [-0.2, -0.15) is 0 Å². The zero-order chi connectivity index (χ0) is 52.1. The lowest BCUT2D eigenvalue weighted by atomic mass is 9.96. The monoisotopic (exact) mass is 971 g/mol. The van der Waals surface area contributed by atoms with E-state index in [0.717, 1.165) is 0 Å². The average Bonchev–Trinajstić information content (AvgIpc) is 3.27. The van der Waals surface area contributed by atoms with Crippen LogP contribution < -0.4 is 71.2 Å². The molecule has 8 amide bonds. The predicted octanol–water partition coefficient (Wildman–Crippen LogP) is -4.02. The van der Waals surface area contributed by atoms with Gasteiger partial charge < -0.3 is 81.4 Å². The van der Waals surface area contributed by atoms with Crippen molar-refractivity contribution >= 4 is 59.2 Å². The fourth-order valence-electron chi connectivity index (χ4n) is 6.50. The summed E-state index contributed by atoms with van der Waals surface area (Å²) in [6.45, 7) is 11.3. The van der Waals surface area contributed by atoms with Crippen LogP contribution in [0.1, 0.15) is 113 Å². The molecule has 20 N–H and O–H groups in total. The van der Waals surface area contributed by atoms with E-state index in [-0.39, 0.29) is 63.0 Å². The second-order valence-electron chi connectivity index (χ2n) is 17.7. The van der Waals surface area contributed by atoms with Crippen molar-refractivity contribution in [2.75, 3.05) is 32.7 Å². The molecule has 68 heavy (non-hydrogen) atoms. The number of aliphatic imine (C=N–C) groups is 1. The SMILES string of the molecule is CC[C@H](C)[C@H](NC(=O)[C@H](CCCN=C(N)N)NC(=O)[C@H](CCCCN)NC(=O)CNC(=O)[C@H](CC(C)C)NC(=O)[C@@H](N)C(C)C)C(=O)N[C@@H](CCCCN)C(=O)NCC(=O)N[C@H](C(=O)O)[C@@H](C)O. The summed E-state index contributed by atoms with van der Waals surface area (Å²) in [4.78, 5) is 122. The molecule has 0 aliphatic heterocycles. The Bertz CT molecular complexity index is 1660. The number of guanidine groups is 1. The van der Waals surface area contributed by atoms with Crippen molar-refractivity contribution in [1.82, 2.24) is 42.5 Å². The predicted molar refractivity (Wildman–Crippen MR) is 254 cm³/mol. The first-order valence-electron chi connectivity index (χ1n) is 23.4. The van der Waals surface area contributed by atoms with Crippen LogP contribution in [-0.2, 0) is 43.2 Å². The summed E-state index contributed by atoms with van der Waals surface area (Å²) in [6, 6.07) is -8.48. The van der Waals surface area contributed by atoms with Crippen molar-refractivity contribution < 1.29 is 53.4 Å². The number of carbonyl (C=O) groups is 9. The number of unbranched alkanes of at least 4 members (excludes halogenated alkanes) is 2. The van der Waals surface area contributed by atoms with E-state index in [9.17, 15) is 53.4 Å². The van der Waals surface area contributed by atoms with Crippen LogP contribution >= 0.6 is 0 Å². The summed E-state index contributed by atoms with van der Waals surface area (Å²) >= 11 is 0. The van der Waals surface area contributed by atoms with E-state index < -0.39 is 121 Å². The van der Waals surface area contributed by atoms with Crippen LogP contribution in [0, 0.1) is 17.8 Å². The average molecular weight is 971 g/mol. The number of hydrogen-bond acceptors (Lipinski definition) is 14. The molecule has 0 fully saturated rings. The minimum Gasteiger partial charge on any atom is -0.480 e. The van der Waals surface area contributed by atoms with Crippen molar-refractivity contribution in [3.05, 3.63) is 0 Å². The number of nitrogens with one attached hydrogen (secondary N) is 8. The molecule has 0 heterocycles. The van der Waals surface area contributed by atoms with E-state index in [1.54, 1.807) is 27.7 Å². The van der Waals surface area contributed by atoms with E-state index in [4.69, 9.17) is 28.7 Å². The lowest BCUT2D eigenvalue weighted by Crippen LogP contribution is -2.60. The summed E-state index contributed by atoms with van der Waals surface area (Å²) in [7, 11) is 0.